The van der Waals surface area contributed by atoms with E-state index in [1.54, 1.807) is 20.8 Å². The second kappa shape index (κ2) is 2.71. The van der Waals surface area contributed by atoms with E-state index in [2.05, 4.69) is 5.32 Å². The summed E-state index contributed by atoms with van der Waals surface area (Å²) in [7, 11) is 0. The topological polar surface area (TPSA) is 96.0 Å². The monoisotopic (exact) mass is 195 g/mol. The summed E-state index contributed by atoms with van der Waals surface area (Å²) in [5.74, 6) is -2.09. The average molecular weight is 195 g/mol. The molecule has 1 aliphatic heterocycles. The standard InChI is InChI=1S/C9H13N3O2/c1-8(2)5(6(11)13)7(14)12-9(8,3)4-10/h5H,1-3H3,(H2,11,13)(H,12,14)/t5-,9+/m0/s1. The summed E-state index contributed by atoms with van der Waals surface area (Å²) in [5.41, 5.74) is 3.31. The van der Waals surface area contributed by atoms with E-state index >= 15 is 0 Å². The van der Waals surface area contributed by atoms with Crippen molar-refractivity contribution in [2.45, 2.75) is 26.3 Å². The van der Waals surface area contributed by atoms with Crippen molar-refractivity contribution in [3.05, 3.63) is 0 Å². The first-order valence-electron chi connectivity index (χ1n) is 4.29. The van der Waals surface area contributed by atoms with E-state index in [-0.39, 0.29) is 0 Å². The number of primary amides is 1. The van der Waals surface area contributed by atoms with Gasteiger partial charge in [-0.25, -0.2) is 0 Å². The number of nitrogens with two attached hydrogens (primary N) is 1. The smallest absolute Gasteiger partial charge is 0.234 e. The number of nitrogens with zero attached hydrogens (tertiary/aromatic N) is 1. The first-order valence-corrected chi connectivity index (χ1v) is 4.29. The summed E-state index contributed by atoms with van der Waals surface area (Å²) in [5, 5.41) is 11.5. The van der Waals surface area contributed by atoms with Crippen molar-refractivity contribution in [3.63, 3.8) is 0 Å². The maximum atomic E-state index is 11.4. The molecule has 1 rings (SSSR count). The first kappa shape index (κ1) is 10.5. The van der Waals surface area contributed by atoms with Crippen molar-refractivity contribution in [1.29, 1.82) is 5.26 Å². The molecule has 0 unspecified atom stereocenters. The molecule has 1 aliphatic rings. The lowest BCUT2D eigenvalue weighted by atomic mass is 9.69. The maximum Gasteiger partial charge on any atom is 0.234 e. The Kier molecular flexibility index (Phi) is 2.03. The van der Waals surface area contributed by atoms with Crippen LogP contribution in [0.4, 0.5) is 0 Å². The van der Waals surface area contributed by atoms with Crippen molar-refractivity contribution in [2.24, 2.45) is 17.1 Å². The van der Waals surface area contributed by atoms with Crippen LogP contribution >= 0.6 is 0 Å². The summed E-state index contributed by atoms with van der Waals surface area (Å²) in [6.07, 6.45) is 0. The Labute approximate surface area is 82.3 Å². The Hall–Kier alpha value is -1.57. The number of nitrogens with one attached hydrogen (secondary N) is 1. The van der Waals surface area contributed by atoms with Gasteiger partial charge in [0.2, 0.25) is 11.8 Å². The third kappa shape index (κ3) is 1.07. The molecule has 2 amide bonds. The van der Waals surface area contributed by atoms with Gasteiger partial charge in [0.05, 0.1) is 6.07 Å². The number of hydrogen-bond acceptors (Lipinski definition) is 3. The number of nitriles is 1. The van der Waals surface area contributed by atoms with Crippen molar-refractivity contribution < 1.29 is 9.59 Å². The van der Waals surface area contributed by atoms with E-state index in [4.69, 9.17) is 11.0 Å². The van der Waals surface area contributed by atoms with E-state index in [0.29, 0.717) is 0 Å². The summed E-state index contributed by atoms with van der Waals surface area (Å²) in [6.45, 7) is 4.96. The van der Waals surface area contributed by atoms with Gasteiger partial charge in [0, 0.05) is 5.41 Å². The van der Waals surface area contributed by atoms with Crippen LogP contribution in [0, 0.1) is 22.7 Å². The number of rotatable bonds is 1. The molecule has 76 valence electrons. The largest absolute Gasteiger partial charge is 0.369 e. The predicted molar refractivity (Wildman–Crippen MR) is 48.6 cm³/mol. The second-order valence-electron chi connectivity index (χ2n) is 4.28. The molecule has 1 heterocycles. The number of hydrogen-bond donors (Lipinski definition) is 2. The molecular formula is C9H13N3O2. The molecule has 5 nitrogen and oxygen atoms in total. The van der Waals surface area contributed by atoms with Crippen LogP contribution in [0.25, 0.3) is 0 Å². The zero-order valence-corrected chi connectivity index (χ0v) is 8.42. The van der Waals surface area contributed by atoms with Gasteiger partial charge in [-0.15, -0.1) is 0 Å². The fourth-order valence-corrected chi connectivity index (χ4v) is 1.75. The lowest BCUT2D eigenvalue weighted by Crippen LogP contribution is -2.47. The van der Waals surface area contributed by atoms with Crippen LogP contribution in [0.5, 0.6) is 0 Å². The molecule has 3 N–H and O–H groups in total. The van der Waals surface area contributed by atoms with Crippen molar-refractivity contribution in [1.82, 2.24) is 5.32 Å². The molecule has 0 radical (unpaired) electrons. The van der Waals surface area contributed by atoms with Gasteiger partial charge < -0.3 is 11.1 Å². The van der Waals surface area contributed by atoms with Gasteiger partial charge in [-0.3, -0.25) is 9.59 Å². The van der Waals surface area contributed by atoms with Crippen molar-refractivity contribution >= 4 is 11.8 Å². The van der Waals surface area contributed by atoms with Gasteiger partial charge in [-0.1, -0.05) is 13.8 Å². The highest BCUT2D eigenvalue weighted by Gasteiger charge is 2.59. The lowest BCUT2D eigenvalue weighted by molar-refractivity contribution is -0.133. The summed E-state index contributed by atoms with van der Waals surface area (Å²) < 4.78 is 0. The number of carbonyl (C=O) groups excluding carboxylic acids is 2. The highest BCUT2D eigenvalue weighted by atomic mass is 16.2. The van der Waals surface area contributed by atoms with E-state index in [1.807, 2.05) is 6.07 Å². The van der Waals surface area contributed by atoms with Crippen LogP contribution < -0.4 is 11.1 Å². The molecule has 14 heavy (non-hydrogen) atoms. The van der Waals surface area contributed by atoms with E-state index in [1.165, 1.54) is 0 Å². The Morgan fingerprint density at radius 1 is 1.57 bits per heavy atom. The molecule has 1 saturated heterocycles. The third-order valence-electron chi connectivity index (χ3n) is 3.15. The highest BCUT2D eigenvalue weighted by Crippen LogP contribution is 2.43. The third-order valence-corrected chi connectivity index (χ3v) is 3.15. The molecule has 0 aromatic carbocycles. The van der Waals surface area contributed by atoms with Crippen LogP contribution in [0.1, 0.15) is 20.8 Å². The van der Waals surface area contributed by atoms with Gasteiger partial charge in [0.25, 0.3) is 0 Å². The lowest BCUT2D eigenvalue weighted by Gasteiger charge is -2.32. The minimum atomic E-state index is -1.04. The summed E-state index contributed by atoms with van der Waals surface area (Å²) in [4.78, 5) is 22.5. The molecule has 0 aromatic heterocycles. The maximum absolute atomic E-state index is 11.4. The molecular weight excluding hydrogens is 182 g/mol. The minimum absolute atomic E-state index is 0.466. The molecule has 5 heteroatoms. The average Bonchev–Trinajstić information content (AvgIpc) is 2.18. The molecule has 0 aromatic rings. The normalized spacial score (nSPS) is 34.7. The molecule has 2 atom stereocenters. The van der Waals surface area contributed by atoms with E-state index in [0.717, 1.165) is 0 Å². The SMILES string of the molecule is CC1(C)[C@@H](C(N)=O)C(=O)N[C@]1(C)C#N. The van der Waals surface area contributed by atoms with Crippen LogP contribution in [0.2, 0.25) is 0 Å². The van der Waals surface area contributed by atoms with Gasteiger partial charge in [0.15, 0.2) is 0 Å². The molecule has 1 fully saturated rings. The Morgan fingerprint density at radius 2 is 2.07 bits per heavy atom. The van der Waals surface area contributed by atoms with Crippen LogP contribution in [0.15, 0.2) is 0 Å². The van der Waals surface area contributed by atoms with Crippen LogP contribution in [0.3, 0.4) is 0 Å². The molecule has 0 spiro atoms. The first-order chi connectivity index (χ1) is 6.26. The van der Waals surface area contributed by atoms with Crippen molar-refractivity contribution in [2.75, 3.05) is 0 Å². The fraction of sp³-hybridized carbons (Fsp3) is 0.667. The van der Waals surface area contributed by atoms with Crippen LogP contribution in [-0.2, 0) is 9.59 Å². The molecule has 0 bridgehead atoms. The van der Waals surface area contributed by atoms with Gasteiger partial charge in [-0.05, 0) is 6.92 Å². The Balaban J connectivity index is 3.23. The zero-order chi connectivity index (χ0) is 11.1. The Morgan fingerprint density at radius 3 is 2.29 bits per heavy atom. The van der Waals surface area contributed by atoms with E-state index < -0.39 is 28.7 Å². The highest BCUT2D eigenvalue weighted by molar-refractivity contribution is 6.03. The van der Waals surface area contributed by atoms with Crippen molar-refractivity contribution in [3.8, 4) is 6.07 Å². The number of amides is 2. The van der Waals surface area contributed by atoms with Gasteiger partial charge >= 0.3 is 0 Å². The molecule has 0 aliphatic carbocycles. The quantitative estimate of drug-likeness (QED) is 0.553. The number of carbonyl (C=O) groups is 2. The van der Waals surface area contributed by atoms with Crippen LogP contribution in [-0.4, -0.2) is 17.4 Å². The van der Waals surface area contributed by atoms with Gasteiger partial charge in [-0.2, -0.15) is 5.26 Å². The van der Waals surface area contributed by atoms with E-state index in [9.17, 15) is 9.59 Å². The summed E-state index contributed by atoms with van der Waals surface area (Å²) in [6, 6.07) is 2.01. The second-order valence-corrected chi connectivity index (χ2v) is 4.28. The summed E-state index contributed by atoms with van der Waals surface area (Å²) >= 11 is 0. The molecule has 0 saturated carbocycles. The zero-order valence-electron chi connectivity index (χ0n) is 8.42. The fourth-order valence-electron chi connectivity index (χ4n) is 1.75. The van der Waals surface area contributed by atoms with Gasteiger partial charge in [0.1, 0.15) is 11.5 Å². The minimum Gasteiger partial charge on any atom is -0.369 e. The predicted octanol–water partition coefficient (Wildman–Crippen LogP) is -0.474. The Bertz CT molecular complexity index is 342.